The van der Waals surface area contributed by atoms with Gasteiger partial charge in [0.05, 0.1) is 12.1 Å². The zero-order chi connectivity index (χ0) is 21.6. The lowest BCUT2D eigenvalue weighted by molar-refractivity contribution is -0.122. The molecule has 0 unspecified atom stereocenters. The van der Waals surface area contributed by atoms with Gasteiger partial charge >= 0.3 is 0 Å². The predicted octanol–water partition coefficient (Wildman–Crippen LogP) is 3.35. The standard InChI is InChI=1S/C24H31FN2O3/c1-18-7-8-22(19(2)13-18)30-17-24(29)9-4-11-27(12-10-24)16-23(28)26-15-20-5-3-6-21(25)14-20/h3,5-8,13-14,29H,4,9-12,15-17H2,1-2H3,(H,26,28)/t24-/m1/s1. The zero-order valence-corrected chi connectivity index (χ0v) is 17.8. The molecule has 1 heterocycles. The summed E-state index contributed by atoms with van der Waals surface area (Å²) in [5.74, 6) is 0.389. The Morgan fingerprint density at radius 2 is 2.03 bits per heavy atom. The molecule has 0 radical (unpaired) electrons. The largest absolute Gasteiger partial charge is 0.490 e. The van der Waals surface area contributed by atoms with Crippen LogP contribution in [0.5, 0.6) is 5.75 Å². The molecule has 5 nitrogen and oxygen atoms in total. The molecule has 0 aliphatic carbocycles. The van der Waals surface area contributed by atoms with Crippen molar-refractivity contribution < 1.29 is 19.0 Å². The molecule has 1 atom stereocenters. The molecule has 2 aromatic rings. The lowest BCUT2D eigenvalue weighted by atomic mass is 9.96. The Kier molecular flexibility index (Phi) is 7.45. The summed E-state index contributed by atoms with van der Waals surface area (Å²) >= 11 is 0. The van der Waals surface area contributed by atoms with Gasteiger partial charge < -0.3 is 15.2 Å². The molecule has 30 heavy (non-hydrogen) atoms. The lowest BCUT2D eigenvalue weighted by Crippen LogP contribution is -2.40. The minimum Gasteiger partial charge on any atom is -0.490 e. The third-order valence-electron chi connectivity index (χ3n) is 5.58. The highest BCUT2D eigenvalue weighted by Crippen LogP contribution is 2.26. The summed E-state index contributed by atoms with van der Waals surface area (Å²) in [6.45, 7) is 6.24. The number of likely N-dealkylation sites (tertiary alicyclic amines) is 1. The van der Waals surface area contributed by atoms with Gasteiger partial charge in [-0.25, -0.2) is 4.39 Å². The second kappa shape index (κ2) is 10.0. The third-order valence-corrected chi connectivity index (χ3v) is 5.58. The van der Waals surface area contributed by atoms with Gasteiger partial charge in [0.25, 0.3) is 0 Å². The van der Waals surface area contributed by atoms with Gasteiger partial charge in [-0.05, 0) is 69.0 Å². The van der Waals surface area contributed by atoms with E-state index in [2.05, 4.69) is 16.3 Å². The highest BCUT2D eigenvalue weighted by molar-refractivity contribution is 5.78. The maximum Gasteiger partial charge on any atom is 0.234 e. The van der Waals surface area contributed by atoms with E-state index in [0.29, 0.717) is 25.9 Å². The number of benzene rings is 2. The van der Waals surface area contributed by atoms with Crippen molar-refractivity contribution in [3.05, 3.63) is 65.0 Å². The second-order valence-corrected chi connectivity index (χ2v) is 8.32. The van der Waals surface area contributed by atoms with E-state index < -0.39 is 5.60 Å². The van der Waals surface area contributed by atoms with Crippen LogP contribution in [0.15, 0.2) is 42.5 Å². The number of aryl methyl sites for hydroxylation is 2. The minimum absolute atomic E-state index is 0.101. The number of halogens is 1. The molecule has 3 rings (SSSR count). The first kappa shape index (κ1) is 22.2. The molecule has 1 amide bonds. The van der Waals surface area contributed by atoms with E-state index in [4.69, 9.17) is 4.74 Å². The number of nitrogens with zero attached hydrogens (tertiary/aromatic N) is 1. The summed E-state index contributed by atoms with van der Waals surface area (Å²) in [6, 6.07) is 12.2. The molecule has 1 fully saturated rings. The first-order valence-electron chi connectivity index (χ1n) is 10.5. The van der Waals surface area contributed by atoms with Crippen molar-refractivity contribution in [1.82, 2.24) is 10.2 Å². The molecule has 0 bridgehead atoms. The zero-order valence-electron chi connectivity index (χ0n) is 17.8. The molecule has 1 saturated heterocycles. The molecule has 0 aromatic heterocycles. The smallest absolute Gasteiger partial charge is 0.234 e. The maximum atomic E-state index is 13.2. The number of carbonyl (C=O) groups is 1. The van der Waals surface area contributed by atoms with Gasteiger partial charge in [0.15, 0.2) is 0 Å². The van der Waals surface area contributed by atoms with Gasteiger partial charge in [-0.2, -0.15) is 0 Å². The highest BCUT2D eigenvalue weighted by atomic mass is 19.1. The van der Waals surface area contributed by atoms with Crippen LogP contribution in [0, 0.1) is 19.7 Å². The number of carbonyl (C=O) groups excluding carboxylic acids is 1. The molecule has 0 spiro atoms. The van der Waals surface area contributed by atoms with Crippen LogP contribution >= 0.6 is 0 Å². The second-order valence-electron chi connectivity index (χ2n) is 8.32. The highest BCUT2D eigenvalue weighted by Gasteiger charge is 2.31. The van der Waals surface area contributed by atoms with Crippen LogP contribution in [-0.2, 0) is 11.3 Å². The van der Waals surface area contributed by atoms with E-state index in [1.807, 2.05) is 26.0 Å². The quantitative estimate of drug-likeness (QED) is 0.729. The molecule has 0 saturated carbocycles. The Hall–Kier alpha value is -2.44. The number of hydrogen-bond acceptors (Lipinski definition) is 4. The van der Waals surface area contributed by atoms with Crippen molar-refractivity contribution in [3.63, 3.8) is 0 Å². The van der Waals surface area contributed by atoms with Crippen LogP contribution in [-0.4, -0.2) is 47.8 Å². The average molecular weight is 415 g/mol. The summed E-state index contributed by atoms with van der Waals surface area (Å²) in [6.07, 6.45) is 1.98. The molecular formula is C24H31FN2O3. The predicted molar refractivity (Wildman–Crippen MR) is 115 cm³/mol. The van der Waals surface area contributed by atoms with Gasteiger partial charge in [-0.3, -0.25) is 9.69 Å². The first-order chi connectivity index (χ1) is 14.3. The number of amides is 1. The lowest BCUT2D eigenvalue weighted by Gasteiger charge is -2.27. The summed E-state index contributed by atoms with van der Waals surface area (Å²) in [5.41, 5.74) is 2.07. The van der Waals surface area contributed by atoms with E-state index in [0.717, 1.165) is 29.8 Å². The van der Waals surface area contributed by atoms with Crippen LogP contribution in [0.4, 0.5) is 4.39 Å². The van der Waals surface area contributed by atoms with Crippen molar-refractivity contribution in [2.24, 2.45) is 0 Å². The Morgan fingerprint density at radius 3 is 2.80 bits per heavy atom. The van der Waals surface area contributed by atoms with Crippen molar-refractivity contribution in [3.8, 4) is 5.75 Å². The van der Waals surface area contributed by atoms with E-state index in [1.165, 1.54) is 17.7 Å². The van der Waals surface area contributed by atoms with Gasteiger partial charge in [0.2, 0.25) is 5.91 Å². The number of rotatable bonds is 7. The summed E-state index contributed by atoms with van der Waals surface area (Å²) in [4.78, 5) is 14.3. The first-order valence-corrected chi connectivity index (χ1v) is 10.5. The van der Waals surface area contributed by atoms with Crippen molar-refractivity contribution in [2.45, 2.75) is 45.3 Å². The molecule has 6 heteroatoms. The third kappa shape index (κ3) is 6.54. The van der Waals surface area contributed by atoms with E-state index in [-0.39, 0.29) is 24.9 Å². The Morgan fingerprint density at radius 1 is 1.20 bits per heavy atom. The van der Waals surface area contributed by atoms with Gasteiger partial charge in [-0.1, -0.05) is 29.8 Å². The SMILES string of the molecule is Cc1ccc(OC[C@@]2(O)CCCN(CC(=O)NCc3cccc(F)c3)CC2)c(C)c1. The molecule has 1 aliphatic heterocycles. The Balaban J connectivity index is 1.45. The van der Waals surface area contributed by atoms with Crippen LogP contribution in [0.2, 0.25) is 0 Å². The fourth-order valence-electron chi connectivity index (χ4n) is 3.82. The van der Waals surface area contributed by atoms with E-state index in [1.54, 1.807) is 12.1 Å². The number of nitrogens with one attached hydrogen (secondary N) is 1. The van der Waals surface area contributed by atoms with Crippen molar-refractivity contribution in [1.29, 1.82) is 0 Å². The maximum absolute atomic E-state index is 13.2. The van der Waals surface area contributed by atoms with E-state index >= 15 is 0 Å². The topological polar surface area (TPSA) is 61.8 Å². The molecular weight excluding hydrogens is 383 g/mol. The number of aliphatic hydroxyl groups is 1. The normalized spacial score (nSPS) is 19.9. The minimum atomic E-state index is -0.899. The van der Waals surface area contributed by atoms with Crippen molar-refractivity contribution in [2.75, 3.05) is 26.2 Å². The molecule has 162 valence electrons. The summed E-state index contributed by atoms with van der Waals surface area (Å²) < 4.78 is 19.2. The van der Waals surface area contributed by atoms with Crippen LogP contribution in [0.25, 0.3) is 0 Å². The van der Waals surface area contributed by atoms with E-state index in [9.17, 15) is 14.3 Å². The summed E-state index contributed by atoms with van der Waals surface area (Å²) in [7, 11) is 0. The Labute approximate surface area is 177 Å². The number of hydrogen-bond donors (Lipinski definition) is 2. The Bertz CT molecular complexity index is 873. The van der Waals surface area contributed by atoms with Gasteiger partial charge in [-0.15, -0.1) is 0 Å². The fourth-order valence-corrected chi connectivity index (χ4v) is 3.82. The molecule has 2 aromatic carbocycles. The van der Waals surface area contributed by atoms with Crippen LogP contribution < -0.4 is 10.1 Å². The van der Waals surface area contributed by atoms with Crippen LogP contribution in [0.1, 0.15) is 36.0 Å². The van der Waals surface area contributed by atoms with Crippen LogP contribution in [0.3, 0.4) is 0 Å². The fraction of sp³-hybridized carbons (Fsp3) is 0.458. The summed E-state index contributed by atoms with van der Waals surface area (Å²) in [5, 5.41) is 13.8. The van der Waals surface area contributed by atoms with Gasteiger partial charge in [0, 0.05) is 13.1 Å². The average Bonchev–Trinajstić information content (AvgIpc) is 2.88. The monoisotopic (exact) mass is 414 g/mol. The van der Waals surface area contributed by atoms with Crippen molar-refractivity contribution >= 4 is 5.91 Å². The van der Waals surface area contributed by atoms with Gasteiger partial charge in [0.1, 0.15) is 18.2 Å². The molecule has 2 N–H and O–H groups in total. The molecule has 1 aliphatic rings. The number of ether oxygens (including phenoxy) is 1.